The Morgan fingerprint density at radius 1 is 1.29 bits per heavy atom. The van der Waals surface area contributed by atoms with Crippen molar-refractivity contribution in [3.8, 4) is 0 Å². The average Bonchev–Trinajstić information content (AvgIpc) is 2.31. The lowest BCUT2D eigenvalue weighted by molar-refractivity contribution is -0.128. The maximum atomic E-state index is 11.4. The molecule has 3 nitrogen and oxygen atoms in total. The van der Waals surface area contributed by atoms with Gasteiger partial charge in [0.15, 0.2) is 0 Å². The van der Waals surface area contributed by atoms with E-state index in [0.29, 0.717) is 6.42 Å². The van der Waals surface area contributed by atoms with Crippen molar-refractivity contribution in [3.05, 3.63) is 29.8 Å². The van der Waals surface area contributed by atoms with Gasteiger partial charge < -0.3 is 10.2 Å². The molecule has 0 aromatic heterocycles. The van der Waals surface area contributed by atoms with Crippen LogP contribution in [0.3, 0.4) is 0 Å². The van der Waals surface area contributed by atoms with Crippen LogP contribution in [0.1, 0.15) is 12.0 Å². The molecule has 0 aliphatic carbocycles. The first-order valence-corrected chi connectivity index (χ1v) is 6.68. The molecule has 17 heavy (non-hydrogen) atoms. The molecule has 0 bridgehead atoms. The third-order valence-electron chi connectivity index (χ3n) is 2.39. The van der Waals surface area contributed by atoms with Gasteiger partial charge in [0.1, 0.15) is 0 Å². The standard InChI is InChI=1S/C13H20N2OS/c1-14-10-11-4-6-12(7-5-11)17-9-8-13(16)15(2)3/h4-7,14H,8-10H2,1-3H3. The van der Waals surface area contributed by atoms with Crippen LogP contribution in [0.5, 0.6) is 0 Å². The Bertz CT molecular complexity index is 349. The van der Waals surface area contributed by atoms with E-state index in [-0.39, 0.29) is 5.91 Å². The molecule has 0 saturated heterocycles. The zero-order valence-corrected chi connectivity index (χ0v) is 11.5. The summed E-state index contributed by atoms with van der Waals surface area (Å²) >= 11 is 1.73. The first-order valence-electron chi connectivity index (χ1n) is 5.70. The summed E-state index contributed by atoms with van der Waals surface area (Å²) in [6.45, 7) is 0.893. The van der Waals surface area contributed by atoms with E-state index >= 15 is 0 Å². The molecule has 0 fully saturated rings. The molecule has 0 saturated carbocycles. The zero-order valence-electron chi connectivity index (χ0n) is 10.7. The Kier molecular flexibility index (Phi) is 6.08. The quantitative estimate of drug-likeness (QED) is 0.786. The molecule has 0 spiro atoms. The highest BCUT2D eigenvalue weighted by Crippen LogP contribution is 2.19. The fraction of sp³-hybridized carbons (Fsp3) is 0.462. The van der Waals surface area contributed by atoms with E-state index in [2.05, 4.69) is 29.6 Å². The summed E-state index contributed by atoms with van der Waals surface area (Å²) in [6, 6.07) is 8.45. The minimum Gasteiger partial charge on any atom is -0.349 e. The number of carbonyl (C=O) groups is 1. The van der Waals surface area contributed by atoms with Gasteiger partial charge in [-0.1, -0.05) is 12.1 Å². The molecule has 0 heterocycles. The molecule has 0 aliphatic heterocycles. The van der Waals surface area contributed by atoms with Gasteiger partial charge in [-0.05, 0) is 24.7 Å². The minimum absolute atomic E-state index is 0.185. The van der Waals surface area contributed by atoms with Crippen LogP contribution in [0, 0.1) is 0 Å². The predicted molar refractivity (Wildman–Crippen MR) is 73.2 cm³/mol. The second kappa shape index (κ2) is 7.35. The Morgan fingerprint density at radius 2 is 1.94 bits per heavy atom. The van der Waals surface area contributed by atoms with Crippen LogP contribution >= 0.6 is 11.8 Å². The number of hydrogen-bond acceptors (Lipinski definition) is 3. The van der Waals surface area contributed by atoms with Crippen molar-refractivity contribution in [2.24, 2.45) is 0 Å². The normalized spacial score (nSPS) is 10.3. The summed E-state index contributed by atoms with van der Waals surface area (Å²) < 4.78 is 0. The molecular formula is C13H20N2OS. The van der Waals surface area contributed by atoms with Crippen LogP contribution in [0.2, 0.25) is 0 Å². The lowest BCUT2D eigenvalue weighted by Gasteiger charge is -2.09. The Hall–Kier alpha value is -1.00. The molecule has 0 unspecified atom stereocenters. The molecule has 1 N–H and O–H groups in total. The second-order valence-corrected chi connectivity index (χ2v) is 5.23. The van der Waals surface area contributed by atoms with Crippen molar-refractivity contribution in [3.63, 3.8) is 0 Å². The van der Waals surface area contributed by atoms with Gasteiger partial charge in [-0.25, -0.2) is 0 Å². The third kappa shape index (κ3) is 5.24. The van der Waals surface area contributed by atoms with Gasteiger partial charge in [-0.2, -0.15) is 0 Å². The highest BCUT2D eigenvalue weighted by molar-refractivity contribution is 7.99. The molecule has 0 radical (unpaired) electrons. The SMILES string of the molecule is CNCc1ccc(SCCC(=O)N(C)C)cc1. The van der Waals surface area contributed by atoms with E-state index < -0.39 is 0 Å². The predicted octanol–water partition coefficient (Wildman–Crippen LogP) is 1.98. The van der Waals surface area contributed by atoms with Gasteiger partial charge in [0, 0.05) is 37.7 Å². The molecule has 0 aliphatic rings. The van der Waals surface area contributed by atoms with E-state index in [1.54, 1.807) is 30.8 Å². The van der Waals surface area contributed by atoms with Crippen molar-refractivity contribution in [2.45, 2.75) is 17.9 Å². The number of benzene rings is 1. The molecule has 94 valence electrons. The number of hydrogen-bond donors (Lipinski definition) is 1. The van der Waals surface area contributed by atoms with Crippen molar-refractivity contribution in [1.29, 1.82) is 0 Å². The van der Waals surface area contributed by atoms with Crippen LogP contribution in [-0.4, -0.2) is 37.7 Å². The topological polar surface area (TPSA) is 32.3 Å². The number of rotatable bonds is 6. The fourth-order valence-corrected chi connectivity index (χ4v) is 2.23. The summed E-state index contributed by atoms with van der Waals surface area (Å²) in [5.41, 5.74) is 1.28. The Labute approximate surface area is 108 Å². The van der Waals surface area contributed by atoms with Crippen molar-refractivity contribution < 1.29 is 4.79 Å². The van der Waals surface area contributed by atoms with Crippen LogP contribution in [0.25, 0.3) is 0 Å². The summed E-state index contributed by atoms with van der Waals surface area (Å²) in [5, 5.41) is 3.12. The van der Waals surface area contributed by atoms with Crippen LogP contribution < -0.4 is 5.32 Å². The molecule has 4 heteroatoms. The highest BCUT2D eigenvalue weighted by atomic mass is 32.2. The van der Waals surface area contributed by atoms with Gasteiger partial charge in [-0.3, -0.25) is 4.79 Å². The maximum absolute atomic E-state index is 11.4. The van der Waals surface area contributed by atoms with Gasteiger partial charge >= 0.3 is 0 Å². The minimum atomic E-state index is 0.185. The van der Waals surface area contributed by atoms with Gasteiger partial charge in [0.25, 0.3) is 0 Å². The lowest BCUT2D eigenvalue weighted by Crippen LogP contribution is -2.21. The number of amides is 1. The van der Waals surface area contributed by atoms with Crippen LogP contribution in [0.15, 0.2) is 29.2 Å². The molecule has 1 aromatic carbocycles. The van der Waals surface area contributed by atoms with E-state index in [1.807, 2.05) is 7.05 Å². The average molecular weight is 252 g/mol. The number of nitrogens with one attached hydrogen (secondary N) is 1. The first-order chi connectivity index (χ1) is 8.13. The van der Waals surface area contributed by atoms with Gasteiger partial charge in [0.2, 0.25) is 5.91 Å². The first kappa shape index (κ1) is 14.1. The molecular weight excluding hydrogens is 232 g/mol. The van der Waals surface area contributed by atoms with Crippen molar-refractivity contribution >= 4 is 17.7 Å². The monoisotopic (exact) mass is 252 g/mol. The Morgan fingerprint density at radius 3 is 2.47 bits per heavy atom. The van der Waals surface area contributed by atoms with Crippen LogP contribution in [-0.2, 0) is 11.3 Å². The number of carbonyl (C=O) groups excluding carboxylic acids is 1. The van der Waals surface area contributed by atoms with Crippen molar-refractivity contribution in [2.75, 3.05) is 26.9 Å². The molecule has 0 atom stereocenters. The van der Waals surface area contributed by atoms with Crippen molar-refractivity contribution in [1.82, 2.24) is 10.2 Å². The van der Waals surface area contributed by atoms with E-state index in [0.717, 1.165) is 12.3 Å². The van der Waals surface area contributed by atoms with Gasteiger partial charge in [-0.15, -0.1) is 11.8 Å². The lowest BCUT2D eigenvalue weighted by atomic mass is 10.2. The summed E-state index contributed by atoms with van der Waals surface area (Å²) in [4.78, 5) is 14.2. The van der Waals surface area contributed by atoms with E-state index in [9.17, 15) is 4.79 Å². The zero-order chi connectivity index (χ0) is 12.7. The molecule has 1 amide bonds. The Balaban J connectivity index is 2.34. The second-order valence-electron chi connectivity index (χ2n) is 4.06. The van der Waals surface area contributed by atoms with E-state index in [1.165, 1.54) is 10.5 Å². The fourth-order valence-electron chi connectivity index (χ4n) is 1.39. The third-order valence-corrected chi connectivity index (χ3v) is 3.40. The number of thioether (sulfide) groups is 1. The number of nitrogens with zero attached hydrogens (tertiary/aromatic N) is 1. The van der Waals surface area contributed by atoms with Crippen LogP contribution in [0.4, 0.5) is 0 Å². The summed E-state index contributed by atoms with van der Waals surface area (Å²) in [5.74, 6) is 1.02. The maximum Gasteiger partial charge on any atom is 0.222 e. The summed E-state index contributed by atoms with van der Waals surface area (Å²) in [7, 11) is 5.52. The van der Waals surface area contributed by atoms with Gasteiger partial charge in [0.05, 0.1) is 0 Å². The van der Waals surface area contributed by atoms with E-state index in [4.69, 9.17) is 0 Å². The summed E-state index contributed by atoms with van der Waals surface area (Å²) in [6.07, 6.45) is 0.593. The smallest absolute Gasteiger partial charge is 0.222 e. The molecule has 1 rings (SSSR count). The highest BCUT2D eigenvalue weighted by Gasteiger charge is 2.03. The molecule has 1 aromatic rings. The largest absolute Gasteiger partial charge is 0.349 e.